The minimum atomic E-state index is -3.06. The van der Waals surface area contributed by atoms with E-state index in [4.69, 9.17) is 4.74 Å². The molecular weight excluding hydrogens is 450 g/mol. The Balaban J connectivity index is 1.78. The average molecular weight is 476 g/mol. The number of hydrogen-bond donors (Lipinski definition) is 3. The van der Waals surface area contributed by atoms with E-state index in [2.05, 4.69) is 5.32 Å². The Labute approximate surface area is 191 Å². The summed E-state index contributed by atoms with van der Waals surface area (Å²) in [5.41, 5.74) is -1.53. The molecule has 3 atom stereocenters. The number of rotatable bonds is 4. The van der Waals surface area contributed by atoms with Crippen molar-refractivity contribution in [2.24, 2.45) is 5.92 Å². The van der Waals surface area contributed by atoms with Crippen LogP contribution in [-0.2, 0) is 29.4 Å². The molecular formula is C23H25NO8S. The molecule has 0 spiro atoms. The van der Waals surface area contributed by atoms with Crippen LogP contribution in [0.3, 0.4) is 0 Å². The highest BCUT2D eigenvalue weighted by Gasteiger charge is 2.56. The number of ether oxygens (including phenoxy) is 1. The average Bonchev–Trinajstić information content (AvgIpc) is 3.21. The Kier molecular flexibility index (Phi) is 5.29. The van der Waals surface area contributed by atoms with E-state index >= 15 is 0 Å². The maximum absolute atomic E-state index is 13.7. The number of aromatic hydroxyl groups is 2. The van der Waals surface area contributed by atoms with Gasteiger partial charge in [0, 0.05) is 46.4 Å². The number of hydrogen-bond acceptors (Lipinski definition) is 9. The summed E-state index contributed by atoms with van der Waals surface area (Å²) < 4.78 is 29.1. The quantitative estimate of drug-likeness (QED) is 0.256. The van der Waals surface area contributed by atoms with Gasteiger partial charge < -0.3 is 24.8 Å². The molecule has 3 unspecified atom stereocenters. The van der Waals surface area contributed by atoms with Crippen molar-refractivity contribution in [3.8, 4) is 17.2 Å². The van der Waals surface area contributed by atoms with Crippen molar-refractivity contribution < 1.29 is 38.1 Å². The van der Waals surface area contributed by atoms with Crippen LogP contribution in [0.25, 0.3) is 0 Å². The third-order valence-electron chi connectivity index (χ3n) is 6.74. The summed E-state index contributed by atoms with van der Waals surface area (Å²) >= 11 is 0. The number of benzene rings is 1. The van der Waals surface area contributed by atoms with Crippen molar-refractivity contribution in [1.82, 2.24) is 5.32 Å². The first kappa shape index (κ1) is 23.2. The number of phenolic OH excluding ortho intramolecular Hbond substituents is 2. The standard InChI is InChI=1S/C23H25NO8S/c1-10-19(27)17(12(3)25)21-18(20(10)28)23(4)15(32-21)7-14(26)16(22(23)29)11(2)24-8-13-5-6-33(30,31)9-13/h7,13H,5-6,8-9H2,1-4H3,(H3-,24,25,26,27,28,29,30,31). The smallest absolute Gasteiger partial charge is 0.194 e. The number of carbonyl (C=O) groups is 3. The van der Waals surface area contributed by atoms with Crippen LogP contribution in [0, 0.1) is 12.8 Å². The summed E-state index contributed by atoms with van der Waals surface area (Å²) in [6.07, 6.45) is 1.66. The van der Waals surface area contributed by atoms with E-state index in [9.17, 15) is 33.4 Å². The summed E-state index contributed by atoms with van der Waals surface area (Å²) in [6, 6.07) is 0. The third kappa shape index (κ3) is 3.39. The van der Waals surface area contributed by atoms with Gasteiger partial charge in [-0.25, -0.2) is 0 Å². The van der Waals surface area contributed by atoms with Gasteiger partial charge in [-0.05, 0) is 27.7 Å². The Morgan fingerprint density at radius 3 is 2.55 bits per heavy atom. The minimum Gasteiger partial charge on any atom is -0.615 e. The Morgan fingerprint density at radius 1 is 1.30 bits per heavy atom. The molecule has 1 aromatic carbocycles. The number of ketones is 3. The van der Waals surface area contributed by atoms with Crippen molar-refractivity contribution >= 4 is 27.6 Å². The van der Waals surface area contributed by atoms with Crippen molar-refractivity contribution in [1.29, 1.82) is 0 Å². The van der Waals surface area contributed by atoms with Crippen molar-refractivity contribution in [3.63, 3.8) is 0 Å². The van der Waals surface area contributed by atoms with E-state index in [-0.39, 0.29) is 56.9 Å². The lowest BCUT2D eigenvalue weighted by Gasteiger charge is -2.29. The molecule has 1 saturated heterocycles. The maximum atomic E-state index is 13.7. The summed E-state index contributed by atoms with van der Waals surface area (Å²) in [6.45, 7) is 6.00. The number of carbonyl (C=O) groups excluding carboxylic acids is 3. The molecule has 4 rings (SSSR count). The molecule has 0 amide bonds. The van der Waals surface area contributed by atoms with Crippen LogP contribution in [-0.4, -0.2) is 50.2 Å². The van der Waals surface area contributed by atoms with Gasteiger partial charge >= 0.3 is 0 Å². The van der Waals surface area contributed by atoms with Gasteiger partial charge in [0.2, 0.25) is 0 Å². The number of fused-ring (bicyclic) bond motifs is 3. The summed E-state index contributed by atoms with van der Waals surface area (Å²) in [5.74, 6) is -2.69. The fourth-order valence-corrected chi connectivity index (χ4v) is 6.64. The topological polar surface area (TPSA) is 153 Å². The van der Waals surface area contributed by atoms with Crippen LogP contribution < -0.4 is 10.1 Å². The molecule has 2 heterocycles. The zero-order chi connectivity index (χ0) is 24.5. The molecule has 1 aromatic rings. The largest absolute Gasteiger partial charge is 0.615 e. The molecule has 3 N–H and O–H groups in total. The number of allylic oxidation sites excluding steroid dienone is 4. The third-order valence-corrected chi connectivity index (χ3v) is 8.58. The molecule has 0 radical (unpaired) electrons. The number of phenols is 2. The predicted octanol–water partition coefficient (Wildman–Crippen LogP) is 1.81. The molecule has 9 nitrogen and oxygen atoms in total. The van der Waals surface area contributed by atoms with E-state index in [1.165, 1.54) is 20.8 Å². The number of nitrogens with one attached hydrogen (secondary N) is 1. The SMILES string of the molecule is CC(=O)c1c(O)c(C)c(O)c2c1OC1=CC(=O)/C(=C(/C)NCC3CC[S+](=O)([O-])C3)C(=O)C12C. The Morgan fingerprint density at radius 2 is 1.97 bits per heavy atom. The molecule has 0 bridgehead atoms. The number of sulfone groups is 1. The zero-order valence-electron chi connectivity index (χ0n) is 18.7. The fourth-order valence-electron chi connectivity index (χ4n) is 4.78. The van der Waals surface area contributed by atoms with Gasteiger partial charge in [-0.2, -0.15) is 0 Å². The van der Waals surface area contributed by atoms with Gasteiger partial charge in [-0.1, -0.05) is 0 Å². The van der Waals surface area contributed by atoms with Crippen LogP contribution in [0.1, 0.15) is 48.7 Å². The molecule has 0 saturated carbocycles. The molecule has 33 heavy (non-hydrogen) atoms. The summed E-state index contributed by atoms with van der Waals surface area (Å²) in [4.78, 5) is 38.8. The second-order valence-corrected chi connectivity index (χ2v) is 11.3. The van der Waals surface area contributed by atoms with Crippen LogP contribution in [0.2, 0.25) is 0 Å². The minimum absolute atomic E-state index is 0.0255. The van der Waals surface area contributed by atoms with Gasteiger partial charge in [0.15, 0.2) is 17.3 Å². The molecule has 1 fully saturated rings. The highest BCUT2D eigenvalue weighted by atomic mass is 32.3. The van der Waals surface area contributed by atoms with E-state index < -0.39 is 38.7 Å². The highest BCUT2D eigenvalue weighted by Crippen LogP contribution is 2.57. The van der Waals surface area contributed by atoms with Crippen LogP contribution in [0.4, 0.5) is 0 Å². The first-order chi connectivity index (χ1) is 15.3. The van der Waals surface area contributed by atoms with Gasteiger partial charge in [-0.15, -0.1) is 4.21 Å². The number of Topliss-reactive ketones (excluding diaryl/α,β-unsaturated/α-hetero) is 2. The van der Waals surface area contributed by atoms with E-state index in [1.54, 1.807) is 6.92 Å². The zero-order valence-corrected chi connectivity index (χ0v) is 19.6. The highest BCUT2D eigenvalue weighted by molar-refractivity contribution is 7.97. The summed E-state index contributed by atoms with van der Waals surface area (Å²) in [5, 5.41) is 24.2. The normalized spacial score (nSPS) is 29.8. The van der Waals surface area contributed by atoms with E-state index in [0.29, 0.717) is 18.7 Å². The Bertz CT molecular complexity index is 1240. The lowest BCUT2D eigenvalue weighted by atomic mass is 9.70. The molecule has 176 valence electrons. The van der Waals surface area contributed by atoms with Gasteiger partial charge in [-0.3, -0.25) is 14.4 Å². The maximum Gasteiger partial charge on any atom is 0.194 e. The lowest BCUT2D eigenvalue weighted by Crippen LogP contribution is -2.41. The predicted molar refractivity (Wildman–Crippen MR) is 118 cm³/mol. The second kappa shape index (κ2) is 7.53. The van der Waals surface area contributed by atoms with Crippen LogP contribution in [0.5, 0.6) is 17.2 Å². The van der Waals surface area contributed by atoms with Gasteiger partial charge in [0.05, 0.1) is 11.1 Å². The van der Waals surface area contributed by atoms with E-state index in [1.807, 2.05) is 0 Å². The van der Waals surface area contributed by atoms with Crippen LogP contribution >= 0.6 is 0 Å². The Hall–Kier alpha value is -2.98. The van der Waals surface area contributed by atoms with Crippen molar-refractivity contribution in [2.45, 2.75) is 39.5 Å². The molecule has 10 heteroatoms. The second-order valence-electron chi connectivity index (χ2n) is 9.04. The van der Waals surface area contributed by atoms with Gasteiger partial charge in [0.1, 0.15) is 45.5 Å². The fraction of sp³-hybridized carbons (Fsp3) is 0.435. The molecule has 2 aliphatic heterocycles. The first-order valence-corrected chi connectivity index (χ1v) is 12.4. The molecule has 3 aliphatic rings. The van der Waals surface area contributed by atoms with E-state index in [0.717, 1.165) is 6.08 Å². The molecule has 1 aliphatic carbocycles. The van der Waals surface area contributed by atoms with Crippen molar-refractivity contribution in [2.75, 3.05) is 18.1 Å². The molecule has 0 aromatic heterocycles. The van der Waals surface area contributed by atoms with Crippen molar-refractivity contribution in [3.05, 3.63) is 39.8 Å². The van der Waals surface area contributed by atoms with Gasteiger partial charge in [0.25, 0.3) is 0 Å². The summed E-state index contributed by atoms with van der Waals surface area (Å²) in [7, 11) is -3.06. The monoisotopic (exact) mass is 475 g/mol. The lowest BCUT2D eigenvalue weighted by molar-refractivity contribution is -0.123. The first-order valence-electron chi connectivity index (χ1n) is 10.5. The van der Waals surface area contributed by atoms with Crippen LogP contribution in [0.15, 0.2) is 23.1 Å².